The highest BCUT2D eigenvalue weighted by molar-refractivity contribution is 5.89. The van der Waals surface area contributed by atoms with E-state index in [-0.39, 0.29) is 18.5 Å². The van der Waals surface area contributed by atoms with Crippen LogP contribution >= 0.6 is 0 Å². The predicted octanol–water partition coefficient (Wildman–Crippen LogP) is 2.05. The molecular formula is C19H20FN5O. The number of benzene rings is 1. The number of aromatic nitrogens is 3. The summed E-state index contributed by atoms with van der Waals surface area (Å²) in [5.74, 6) is 0.558. The van der Waals surface area contributed by atoms with Crippen LogP contribution in [0.3, 0.4) is 0 Å². The van der Waals surface area contributed by atoms with E-state index in [1.54, 1.807) is 24.5 Å². The number of hydrogen-bond donors (Lipinski definition) is 3. The van der Waals surface area contributed by atoms with E-state index in [9.17, 15) is 9.50 Å². The third kappa shape index (κ3) is 3.18. The van der Waals surface area contributed by atoms with Gasteiger partial charge in [0.2, 0.25) is 0 Å². The molecule has 1 atom stereocenters. The normalized spacial score (nSPS) is 17.5. The number of nitrogens with zero attached hydrogens (tertiary/aromatic N) is 3. The standard InChI is InChI=1S/C19H20FN5O/c20-15-3-1-14(2-4-15)18-17(13-5-7-21-8-6-13)19(24-23-18)25-10-9-22-16(11-25)12-26/h1-8,16,22,26H,9-12H2,(H,23,24). The summed E-state index contributed by atoms with van der Waals surface area (Å²) in [6.45, 7) is 2.32. The smallest absolute Gasteiger partial charge is 0.159 e. The lowest BCUT2D eigenvalue weighted by Gasteiger charge is -2.33. The number of nitrogens with one attached hydrogen (secondary N) is 2. The van der Waals surface area contributed by atoms with Crippen molar-refractivity contribution in [3.8, 4) is 22.4 Å². The predicted molar refractivity (Wildman–Crippen MR) is 98.3 cm³/mol. The van der Waals surface area contributed by atoms with Crippen molar-refractivity contribution in [1.29, 1.82) is 0 Å². The molecule has 0 amide bonds. The van der Waals surface area contributed by atoms with Crippen LogP contribution in [0, 0.1) is 5.82 Å². The molecule has 1 saturated heterocycles. The molecule has 2 aromatic heterocycles. The molecule has 3 heterocycles. The monoisotopic (exact) mass is 353 g/mol. The largest absolute Gasteiger partial charge is 0.395 e. The Hall–Kier alpha value is -2.77. The molecule has 1 aliphatic heterocycles. The van der Waals surface area contributed by atoms with Gasteiger partial charge in [-0.3, -0.25) is 10.1 Å². The van der Waals surface area contributed by atoms with E-state index in [1.165, 1.54) is 12.1 Å². The van der Waals surface area contributed by atoms with E-state index in [1.807, 2.05) is 12.1 Å². The number of aromatic amines is 1. The Morgan fingerprint density at radius 2 is 1.88 bits per heavy atom. The molecule has 0 aliphatic carbocycles. The SMILES string of the molecule is OCC1CN(c2n[nH]c(-c3ccc(F)cc3)c2-c2ccncc2)CCN1. The van der Waals surface area contributed by atoms with Crippen LogP contribution in [-0.2, 0) is 0 Å². The van der Waals surface area contributed by atoms with Gasteiger partial charge in [-0.15, -0.1) is 0 Å². The summed E-state index contributed by atoms with van der Waals surface area (Å²) in [6, 6.07) is 10.3. The molecule has 0 saturated carbocycles. The maximum atomic E-state index is 13.3. The van der Waals surface area contributed by atoms with Crippen molar-refractivity contribution >= 4 is 5.82 Å². The van der Waals surface area contributed by atoms with Gasteiger partial charge in [-0.1, -0.05) is 0 Å². The first-order chi connectivity index (χ1) is 12.8. The average molecular weight is 353 g/mol. The van der Waals surface area contributed by atoms with Crippen molar-refractivity contribution in [2.24, 2.45) is 0 Å². The Labute approximate surface area is 150 Å². The minimum absolute atomic E-state index is 0.0139. The van der Waals surface area contributed by atoms with Gasteiger partial charge in [0.15, 0.2) is 5.82 Å². The van der Waals surface area contributed by atoms with Crippen molar-refractivity contribution in [1.82, 2.24) is 20.5 Å². The van der Waals surface area contributed by atoms with Gasteiger partial charge in [-0.25, -0.2) is 4.39 Å². The zero-order chi connectivity index (χ0) is 17.9. The summed E-state index contributed by atoms with van der Waals surface area (Å²) in [4.78, 5) is 6.26. The van der Waals surface area contributed by atoms with Crippen molar-refractivity contribution in [3.63, 3.8) is 0 Å². The Morgan fingerprint density at radius 3 is 2.62 bits per heavy atom. The van der Waals surface area contributed by atoms with Crippen LogP contribution in [0.15, 0.2) is 48.8 Å². The minimum atomic E-state index is -0.271. The van der Waals surface area contributed by atoms with E-state index in [2.05, 4.69) is 25.4 Å². The number of aliphatic hydroxyl groups is 1. The van der Waals surface area contributed by atoms with Gasteiger partial charge in [0, 0.05) is 43.6 Å². The summed E-state index contributed by atoms with van der Waals surface area (Å²) in [6.07, 6.45) is 3.49. The van der Waals surface area contributed by atoms with E-state index in [0.29, 0.717) is 6.54 Å². The number of piperazine rings is 1. The van der Waals surface area contributed by atoms with Gasteiger partial charge in [-0.2, -0.15) is 5.10 Å². The van der Waals surface area contributed by atoms with Gasteiger partial charge >= 0.3 is 0 Å². The molecule has 134 valence electrons. The molecule has 0 radical (unpaired) electrons. The molecule has 26 heavy (non-hydrogen) atoms. The van der Waals surface area contributed by atoms with Crippen LogP contribution < -0.4 is 10.2 Å². The van der Waals surface area contributed by atoms with Crippen LogP contribution in [0.1, 0.15) is 0 Å². The first kappa shape index (κ1) is 16.7. The molecule has 4 rings (SSSR count). The fraction of sp³-hybridized carbons (Fsp3) is 0.263. The number of halogens is 1. The highest BCUT2D eigenvalue weighted by Gasteiger charge is 2.25. The maximum Gasteiger partial charge on any atom is 0.159 e. The van der Waals surface area contributed by atoms with Crippen LogP contribution in [0.5, 0.6) is 0 Å². The second kappa shape index (κ2) is 7.23. The topological polar surface area (TPSA) is 77.1 Å². The molecule has 0 spiro atoms. The Bertz CT molecular complexity index is 865. The van der Waals surface area contributed by atoms with Gasteiger partial charge < -0.3 is 15.3 Å². The van der Waals surface area contributed by atoms with Crippen molar-refractivity contribution < 1.29 is 9.50 Å². The summed E-state index contributed by atoms with van der Waals surface area (Å²) in [5.41, 5.74) is 3.65. The third-order valence-corrected chi connectivity index (χ3v) is 4.62. The van der Waals surface area contributed by atoms with Crippen LogP contribution in [0.25, 0.3) is 22.4 Å². The lowest BCUT2D eigenvalue weighted by atomic mass is 10.0. The zero-order valence-electron chi connectivity index (χ0n) is 14.2. The fourth-order valence-corrected chi connectivity index (χ4v) is 3.32. The van der Waals surface area contributed by atoms with E-state index in [0.717, 1.165) is 41.3 Å². The molecule has 1 aliphatic rings. The molecule has 0 bridgehead atoms. The van der Waals surface area contributed by atoms with E-state index in [4.69, 9.17) is 0 Å². The molecule has 6 nitrogen and oxygen atoms in total. The summed E-state index contributed by atoms with van der Waals surface area (Å²) < 4.78 is 13.3. The van der Waals surface area contributed by atoms with Crippen LogP contribution in [0.4, 0.5) is 10.2 Å². The van der Waals surface area contributed by atoms with Crippen molar-refractivity contribution in [2.45, 2.75) is 6.04 Å². The zero-order valence-corrected chi connectivity index (χ0v) is 14.2. The Balaban J connectivity index is 1.81. The number of aliphatic hydroxyl groups excluding tert-OH is 1. The van der Waals surface area contributed by atoms with Gasteiger partial charge in [0.1, 0.15) is 5.82 Å². The summed E-state index contributed by atoms with van der Waals surface area (Å²) >= 11 is 0. The minimum Gasteiger partial charge on any atom is -0.395 e. The average Bonchev–Trinajstić information content (AvgIpc) is 3.14. The molecule has 1 unspecified atom stereocenters. The third-order valence-electron chi connectivity index (χ3n) is 4.62. The van der Waals surface area contributed by atoms with E-state index >= 15 is 0 Å². The van der Waals surface area contributed by atoms with Crippen molar-refractivity contribution in [2.75, 3.05) is 31.1 Å². The van der Waals surface area contributed by atoms with E-state index < -0.39 is 0 Å². The first-order valence-electron chi connectivity index (χ1n) is 8.60. The number of H-pyrrole nitrogens is 1. The molecule has 1 fully saturated rings. The Kier molecular flexibility index (Phi) is 4.64. The number of pyridine rings is 1. The second-order valence-corrected chi connectivity index (χ2v) is 6.32. The quantitative estimate of drug-likeness (QED) is 0.669. The molecular weight excluding hydrogens is 333 g/mol. The van der Waals surface area contributed by atoms with Gasteiger partial charge in [-0.05, 0) is 42.0 Å². The molecule has 3 N–H and O–H groups in total. The molecule has 1 aromatic carbocycles. The van der Waals surface area contributed by atoms with Crippen LogP contribution in [-0.4, -0.2) is 52.6 Å². The number of hydrogen-bond acceptors (Lipinski definition) is 5. The second-order valence-electron chi connectivity index (χ2n) is 6.32. The summed E-state index contributed by atoms with van der Waals surface area (Å²) in [7, 11) is 0. The molecule has 3 aromatic rings. The maximum absolute atomic E-state index is 13.3. The van der Waals surface area contributed by atoms with Crippen LogP contribution in [0.2, 0.25) is 0 Å². The fourth-order valence-electron chi connectivity index (χ4n) is 3.32. The highest BCUT2D eigenvalue weighted by atomic mass is 19.1. The number of rotatable bonds is 4. The number of anilines is 1. The van der Waals surface area contributed by atoms with Crippen molar-refractivity contribution in [3.05, 3.63) is 54.6 Å². The van der Waals surface area contributed by atoms with Gasteiger partial charge in [0.05, 0.1) is 17.9 Å². The lowest BCUT2D eigenvalue weighted by Crippen LogP contribution is -2.52. The first-order valence-corrected chi connectivity index (χ1v) is 8.60. The highest BCUT2D eigenvalue weighted by Crippen LogP contribution is 2.37. The van der Waals surface area contributed by atoms with Gasteiger partial charge in [0.25, 0.3) is 0 Å². The lowest BCUT2D eigenvalue weighted by molar-refractivity contribution is 0.235. The molecule has 7 heteroatoms. The Morgan fingerprint density at radius 1 is 1.12 bits per heavy atom. The summed E-state index contributed by atoms with van der Waals surface area (Å²) in [5, 5.41) is 20.5.